The molecule has 1 heterocycles. The van der Waals surface area contributed by atoms with E-state index in [4.69, 9.17) is 0 Å². The van der Waals surface area contributed by atoms with Gasteiger partial charge in [0.1, 0.15) is 0 Å². The fourth-order valence-corrected chi connectivity index (χ4v) is 4.67. The van der Waals surface area contributed by atoms with E-state index in [1.165, 1.54) is 6.26 Å². The Morgan fingerprint density at radius 1 is 0.974 bits per heavy atom. The van der Waals surface area contributed by atoms with Crippen LogP contribution in [0.1, 0.15) is 33.5 Å². The summed E-state index contributed by atoms with van der Waals surface area (Å²) in [5.74, 6) is -1.78. The number of nitrogens with zero attached hydrogens (tertiary/aromatic N) is 1. The van der Waals surface area contributed by atoms with Crippen LogP contribution in [-0.2, 0) is 15.6 Å². The molecule has 6 nitrogen and oxygen atoms in total. The third-order valence-electron chi connectivity index (χ3n) is 6.09. The third kappa shape index (κ3) is 7.29. The van der Waals surface area contributed by atoms with E-state index in [1.54, 1.807) is 6.07 Å². The van der Waals surface area contributed by atoms with Gasteiger partial charge in [-0.1, -0.05) is 60.7 Å². The Morgan fingerprint density at radius 3 is 2.42 bits per heavy atom. The number of para-hydroxylation sites is 1. The van der Waals surface area contributed by atoms with Crippen molar-refractivity contribution in [3.05, 3.63) is 101 Å². The van der Waals surface area contributed by atoms with E-state index in [1.807, 2.05) is 85.9 Å². The van der Waals surface area contributed by atoms with E-state index < -0.39 is 28.7 Å². The number of fused-ring (bicyclic) bond motifs is 1. The molecule has 2 unspecified atom stereocenters. The molecule has 0 saturated carbocycles. The molecule has 4 rings (SSSR count). The molecule has 1 N–H and O–H groups in total. The maximum Gasteiger partial charge on any atom is 1.00 e. The molecular formula is C30H27LiN2O4S. The van der Waals surface area contributed by atoms with E-state index in [0.717, 1.165) is 33.2 Å². The van der Waals surface area contributed by atoms with Crippen LogP contribution in [0.5, 0.6) is 0 Å². The molecule has 0 radical (unpaired) electrons. The maximum absolute atomic E-state index is 13.2. The van der Waals surface area contributed by atoms with E-state index >= 15 is 0 Å². The molecule has 0 aliphatic heterocycles. The Labute approximate surface area is 236 Å². The Morgan fingerprint density at radius 2 is 1.68 bits per heavy atom. The molecule has 4 aromatic rings. The van der Waals surface area contributed by atoms with Gasteiger partial charge < -0.3 is 15.2 Å². The summed E-state index contributed by atoms with van der Waals surface area (Å²) in [6.07, 6.45) is 7.25. The molecule has 0 aliphatic carbocycles. The summed E-state index contributed by atoms with van der Waals surface area (Å²) in [6.45, 7) is 1.96. The zero-order valence-corrected chi connectivity index (χ0v) is 22.5. The van der Waals surface area contributed by atoms with Crippen molar-refractivity contribution < 1.29 is 37.8 Å². The number of nitrogens with one attached hydrogen (secondary N) is 1. The minimum absolute atomic E-state index is 0. The average molecular weight is 519 g/mol. The van der Waals surface area contributed by atoms with Gasteiger partial charge in [0.15, 0.2) is 0 Å². The number of aliphatic carboxylic acids is 1. The van der Waals surface area contributed by atoms with E-state index in [0.29, 0.717) is 11.1 Å². The van der Waals surface area contributed by atoms with Crippen LogP contribution in [0.15, 0.2) is 79.0 Å². The summed E-state index contributed by atoms with van der Waals surface area (Å²) in [5.41, 5.74) is 5.64. The first-order valence-corrected chi connectivity index (χ1v) is 13.6. The second-order valence-electron chi connectivity index (χ2n) is 8.83. The summed E-state index contributed by atoms with van der Waals surface area (Å²) in [4.78, 5) is 29.3. The number of aromatic nitrogens is 1. The van der Waals surface area contributed by atoms with Gasteiger partial charge in [-0.25, -0.2) is 0 Å². The summed E-state index contributed by atoms with van der Waals surface area (Å²) < 4.78 is 11.4. The molecule has 3 aromatic carbocycles. The van der Waals surface area contributed by atoms with Gasteiger partial charge in [0.05, 0.1) is 17.5 Å². The SMILES string of the molecule is Cc1ccccc1-c1cc(C=Cc2cnc3ccccc3c2)ccc1C(=O)NC(CCS(C)=O)C(=O)[O-].[Li+]. The van der Waals surface area contributed by atoms with Crippen molar-refractivity contribution in [3.63, 3.8) is 0 Å². The maximum atomic E-state index is 13.2. The topological polar surface area (TPSA) is 99.2 Å². The van der Waals surface area contributed by atoms with Crippen LogP contribution in [0, 0.1) is 6.92 Å². The van der Waals surface area contributed by atoms with Crippen LogP contribution in [0.2, 0.25) is 0 Å². The first kappa shape index (κ1) is 29.1. The van der Waals surface area contributed by atoms with Crippen LogP contribution >= 0.6 is 0 Å². The molecule has 8 heteroatoms. The van der Waals surface area contributed by atoms with Gasteiger partial charge in [-0.2, -0.15) is 0 Å². The molecule has 0 aliphatic rings. The van der Waals surface area contributed by atoms with Gasteiger partial charge >= 0.3 is 18.9 Å². The van der Waals surface area contributed by atoms with Gasteiger partial charge in [0.25, 0.3) is 5.91 Å². The van der Waals surface area contributed by atoms with Gasteiger partial charge in [-0.3, -0.25) is 14.0 Å². The van der Waals surface area contributed by atoms with Crippen molar-refractivity contribution in [1.29, 1.82) is 0 Å². The van der Waals surface area contributed by atoms with Gasteiger partial charge in [0.2, 0.25) is 0 Å². The number of hydrogen-bond donors (Lipinski definition) is 1. The zero-order chi connectivity index (χ0) is 26.4. The van der Waals surface area contributed by atoms with Crippen LogP contribution in [0.25, 0.3) is 34.2 Å². The smallest absolute Gasteiger partial charge is 0.548 e. The number of amides is 1. The molecule has 2 atom stereocenters. The predicted octanol–water partition coefficient (Wildman–Crippen LogP) is 1.00. The predicted molar refractivity (Wildman–Crippen MR) is 147 cm³/mol. The molecule has 188 valence electrons. The quantitative estimate of drug-likeness (QED) is 0.334. The van der Waals surface area contributed by atoms with Crippen molar-refractivity contribution in [3.8, 4) is 11.1 Å². The number of carbonyl (C=O) groups is 2. The second-order valence-corrected chi connectivity index (χ2v) is 10.4. The van der Waals surface area contributed by atoms with Crippen molar-refractivity contribution in [1.82, 2.24) is 10.3 Å². The number of benzene rings is 3. The fraction of sp³-hybridized carbons (Fsp3) is 0.167. The first-order chi connectivity index (χ1) is 17.8. The van der Waals surface area contributed by atoms with Gasteiger partial charge in [-0.05, 0) is 65.4 Å². The minimum atomic E-state index is -1.40. The van der Waals surface area contributed by atoms with Crippen molar-refractivity contribution in [2.75, 3.05) is 12.0 Å². The van der Waals surface area contributed by atoms with Crippen LogP contribution in [0.4, 0.5) is 0 Å². The number of carboxylic acid groups (broad SMARTS) is 1. The summed E-state index contributed by atoms with van der Waals surface area (Å²) in [5, 5.41) is 15.2. The molecule has 1 aromatic heterocycles. The van der Waals surface area contributed by atoms with Crippen molar-refractivity contribution in [2.45, 2.75) is 19.4 Å². The number of hydrogen-bond acceptors (Lipinski definition) is 5. The van der Waals surface area contributed by atoms with Gasteiger partial charge in [-0.15, -0.1) is 0 Å². The number of rotatable bonds is 9. The third-order valence-corrected chi connectivity index (χ3v) is 6.90. The summed E-state index contributed by atoms with van der Waals surface area (Å²) in [6, 6.07) is 21.9. The van der Waals surface area contributed by atoms with Gasteiger partial charge in [0, 0.05) is 40.0 Å². The van der Waals surface area contributed by atoms with E-state index in [2.05, 4.69) is 16.4 Å². The number of pyridine rings is 1. The normalized spacial score (nSPS) is 12.6. The molecule has 0 fully saturated rings. The van der Waals surface area contributed by atoms with Crippen LogP contribution < -0.4 is 29.3 Å². The molecule has 0 saturated heterocycles. The average Bonchev–Trinajstić information content (AvgIpc) is 2.89. The van der Waals surface area contributed by atoms with Crippen molar-refractivity contribution >= 4 is 45.7 Å². The Balaban J connectivity index is 0.00000400. The number of carboxylic acids is 1. The minimum Gasteiger partial charge on any atom is -0.548 e. The second kappa shape index (κ2) is 13.3. The van der Waals surface area contributed by atoms with E-state index in [-0.39, 0.29) is 31.0 Å². The number of aryl methyl sites for hydroxylation is 1. The Hall–Kier alpha value is -3.50. The van der Waals surface area contributed by atoms with E-state index in [9.17, 15) is 18.9 Å². The molecule has 0 bridgehead atoms. The van der Waals surface area contributed by atoms with Crippen LogP contribution in [0.3, 0.4) is 0 Å². The first-order valence-electron chi connectivity index (χ1n) is 11.9. The summed E-state index contributed by atoms with van der Waals surface area (Å²) >= 11 is 0. The summed E-state index contributed by atoms with van der Waals surface area (Å²) in [7, 11) is -1.18. The van der Waals surface area contributed by atoms with Crippen LogP contribution in [-0.4, -0.2) is 39.1 Å². The van der Waals surface area contributed by atoms with Crippen molar-refractivity contribution in [2.24, 2.45) is 0 Å². The Bertz CT molecular complexity index is 1520. The molecule has 38 heavy (non-hydrogen) atoms. The monoisotopic (exact) mass is 518 g/mol. The number of carbonyl (C=O) groups excluding carboxylic acids is 2. The molecule has 1 amide bonds. The molecular weight excluding hydrogens is 491 g/mol. The Kier molecular flexibility index (Phi) is 10.2. The molecule has 0 spiro atoms. The largest absolute Gasteiger partial charge is 1.00 e. The fourth-order valence-electron chi connectivity index (χ4n) is 4.10. The standard InChI is InChI=1S/C30H28N2O4S.Li/c1-20-7-3-5-9-24(20)26-18-21(11-12-22-17-23-8-4-6-10-27(23)31-19-22)13-14-25(26)29(33)32-28(30(34)35)15-16-37(2)36;/h3-14,17-19,28H,15-16H2,1-2H3,(H,32,33)(H,34,35);/q;+1/p-1. The zero-order valence-electron chi connectivity index (χ0n) is 21.6.